The van der Waals surface area contributed by atoms with Crippen molar-refractivity contribution in [3.05, 3.63) is 188 Å². The zero-order valence-electron chi connectivity index (χ0n) is 28.2. The first-order valence-electron chi connectivity index (χ1n) is 17.6. The minimum absolute atomic E-state index is 0.640. The van der Waals surface area contributed by atoms with Crippen molar-refractivity contribution in [3.8, 4) is 56.4 Å². The Morgan fingerprint density at radius 2 is 0.692 bits per heavy atom. The molecule has 3 nitrogen and oxygen atoms in total. The van der Waals surface area contributed by atoms with Crippen molar-refractivity contribution in [2.75, 3.05) is 0 Å². The summed E-state index contributed by atoms with van der Waals surface area (Å²) in [5, 5.41) is 9.50. The molecule has 0 aliphatic heterocycles. The SMILES string of the molecule is c1ccc(-c2ccc3cc(-c4cccc(-c5nc(-c6ccc7c(ccc8ccccc87)c6)nc(-c6cccc7ccccc67)n5)c4)ccc3c2)cc1. The molecule has 0 amide bonds. The smallest absolute Gasteiger partial charge is 0.164 e. The molecule has 0 N–H and O–H groups in total. The van der Waals surface area contributed by atoms with E-state index in [4.69, 9.17) is 15.0 Å². The Morgan fingerprint density at radius 3 is 1.48 bits per heavy atom. The molecule has 9 aromatic carbocycles. The largest absolute Gasteiger partial charge is 0.208 e. The molecule has 0 radical (unpaired) electrons. The molecule has 0 saturated heterocycles. The molecule has 0 aliphatic carbocycles. The van der Waals surface area contributed by atoms with Crippen molar-refractivity contribution < 1.29 is 0 Å². The van der Waals surface area contributed by atoms with Crippen molar-refractivity contribution >= 4 is 43.1 Å². The Hall–Kier alpha value is -6.97. The highest BCUT2D eigenvalue weighted by molar-refractivity contribution is 6.08. The molecule has 3 heteroatoms. The van der Waals surface area contributed by atoms with Crippen LogP contribution in [0.5, 0.6) is 0 Å². The van der Waals surface area contributed by atoms with E-state index in [-0.39, 0.29) is 0 Å². The molecule has 1 aromatic heterocycles. The molecule has 0 bridgehead atoms. The summed E-state index contributed by atoms with van der Waals surface area (Å²) in [6.45, 7) is 0. The molecule has 242 valence electrons. The van der Waals surface area contributed by atoms with Gasteiger partial charge in [0.25, 0.3) is 0 Å². The van der Waals surface area contributed by atoms with Gasteiger partial charge >= 0.3 is 0 Å². The predicted molar refractivity (Wildman–Crippen MR) is 217 cm³/mol. The maximum atomic E-state index is 5.15. The summed E-state index contributed by atoms with van der Waals surface area (Å²) in [4.78, 5) is 15.4. The fourth-order valence-corrected chi connectivity index (χ4v) is 7.40. The minimum Gasteiger partial charge on any atom is -0.208 e. The number of benzene rings is 9. The molecule has 0 fully saturated rings. The zero-order valence-corrected chi connectivity index (χ0v) is 28.2. The van der Waals surface area contributed by atoms with E-state index >= 15 is 0 Å². The van der Waals surface area contributed by atoms with E-state index in [0.717, 1.165) is 44.0 Å². The summed E-state index contributed by atoms with van der Waals surface area (Å²) in [6, 6.07) is 66.5. The van der Waals surface area contributed by atoms with Crippen LogP contribution in [0.25, 0.3) is 99.5 Å². The number of rotatable bonds is 5. The van der Waals surface area contributed by atoms with Crippen LogP contribution in [0.1, 0.15) is 0 Å². The van der Waals surface area contributed by atoms with Gasteiger partial charge in [0.1, 0.15) is 0 Å². The van der Waals surface area contributed by atoms with Gasteiger partial charge in [0.2, 0.25) is 0 Å². The first kappa shape index (κ1) is 29.9. The number of hydrogen-bond acceptors (Lipinski definition) is 3. The van der Waals surface area contributed by atoms with Crippen molar-refractivity contribution in [1.29, 1.82) is 0 Å². The van der Waals surface area contributed by atoms with Gasteiger partial charge in [0.05, 0.1) is 0 Å². The van der Waals surface area contributed by atoms with Crippen LogP contribution in [0, 0.1) is 0 Å². The van der Waals surface area contributed by atoms with Gasteiger partial charge in [0, 0.05) is 16.7 Å². The second-order valence-electron chi connectivity index (χ2n) is 13.3. The molecule has 1 heterocycles. The molecule has 10 aromatic rings. The maximum absolute atomic E-state index is 5.15. The Morgan fingerprint density at radius 1 is 0.231 bits per heavy atom. The summed E-state index contributed by atoms with van der Waals surface area (Å²) in [7, 11) is 0. The zero-order chi connectivity index (χ0) is 34.4. The standard InChI is InChI=1S/C49H31N3/c1-2-10-32(11-3-1)36-21-22-39-29-37(23-24-38(39)28-36)35-15-8-16-41(30-35)47-50-48(52-49(51-47)46-19-9-14-33-12-4-7-18-44(33)46)42-26-27-45-40(31-42)25-20-34-13-5-6-17-43(34)45/h1-31H. The van der Waals surface area contributed by atoms with Gasteiger partial charge in [-0.15, -0.1) is 0 Å². The first-order chi connectivity index (χ1) is 25.7. The van der Waals surface area contributed by atoms with Crippen LogP contribution in [0.15, 0.2) is 188 Å². The van der Waals surface area contributed by atoms with Gasteiger partial charge in [-0.05, 0) is 89.6 Å². The van der Waals surface area contributed by atoms with Crippen molar-refractivity contribution in [2.45, 2.75) is 0 Å². The summed E-state index contributed by atoms with van der Waals surface area (Å²) in [5.74, 6) is 1.94. The summed E-state index contributed by atoms with van der Waals surface area (Å²) in [6.07, 6.45) is 0. The van der Waals surface area contributed by atoms with Crippen LogP contribution in [0.2, 0.25) is 0 Å². The molecule has 0 aliphatic rings. The Kier molecular flexibility index (Phi) is 7.14. The fourth-order valence-electron chi connectivity index (χ4n) is 7.40. The van der Waals surface area contributed by atoms with Gasteiger partial charge in [-0.3, -0.25) is 0 Å². The summed E-state index contributed by atoms with van der Waals surface area (Å²) in [5.41, 5.74) is 7.57. The van der Waals surface area contributed by atoms with E-state index in [0.29, 0.717) is 17.5 Å². The molecular formula is C49H31N3. The van der Waals surface area contributed by atoms with Crippen LogP contribution in [-0.2, 0) is 0 Å². The normalized spacial score (nSPS) is 11.5. The summed E-state index contributed by atoms with van der Waals surface area (Å²) >= 11 is 0. The van der Waals surface area contributed by atoms with Crippen LogP contribution in [0.4, 0.5) is 0 Å². The van der Waals surface area contributed by atoms with Gasteiger partial charge in [-0.1, -0.05) is 164 Å². The average molecular weight is 662 g/mol. The van der Waals surface area contributed by atoms with Crippen molar-refractivity contribution in [2.24, 2.45) is 0 Å². The second-order valence-corrected chi connectivity index (χ2v) is 13.3. The Balaban J connectivity index is 1.10. The van der Waals surface area contributed by atoms with E-state index < -0.39 is 0 Å². The van der Waals surface area contributed by atoms with Crippen LogP contribution < -0.4 is 0 Å². The second kappa shape index (κ2) is 12.4. The fraction of sp³-hybridized carbons (Fsp3) is 0. The van der Waals surface area contributed by atoms with E-state index in [1.54, 1.807) is 0 Å². The van der Waals surface area contributed by atoms with Gasteiger partial charge in [-0.2, -0.15) is 0 Å². The molecule has 0 spiro atoms. The number of aromatic nitrogens is 3. The lowest BCUT2D eigenvalue weighted by molar-refractivity contribution is 1.08. The molecule has 0 saturated carbocycles. The molecule has 10 rings (SSSR count). The van der Waals surface area contributed by atoms with Crippen LogP contribution in [-0.4, -0.2) is 15.0 Å². The lowest BCUT2D eigenvalue weighted by Gasteiger charge is -2.12. The molecule has 52 heavy (non-hydrogen) atoms. The monoisotopic (exact) mass is 661 g/mol. The molecule has 0 atom stereocenters. The van der Waals surface area contributed by atoms with E-state index in [2.05, 4.69) is 188 Å². The van der Waals surface area contributed by atoms with Gasteiger partial charge in [-0.25, -0.2) is 15.0 Å². The van der Waals surface area contributed by atoms with Crippen molar-refractivity contribution in [1.82, 2.24) is 15.0 Å². The van der Waals surface area contributed by atoms with Crippen LogP contribution in [0.3, 0.4) is 0 Å². The van der Waals surface area contributed by atoms with Crippen molar-refractivity contribution in [3.63, 3.8) is 0 Å². The third-order valence-corrected chi connectivity index (χ3v) is 10.1. The minimum atomic E-state index is 0.640. The van der Waals surface area contributed by atoms with Crippen LogP contribution >= 0.6 is 0 Å². The number of nitrogens with zero attached hydrogens (tertiary/aromatic N) is 3. The molecule has 0 unspecified atom stereocenters. The predicted octanol–water partition coefficient (Wildman–Crippen LogP) is 12.8. The highest BCUT2D eigenvalue weighted by atomic mass is 15.0. The Labute approximate surface area is 301 Å². The van der Waals surface area contributed by atoms with Gasteiger partial charge in [0.15, 0.2) is 17.5 Å². The third kappa shape index (κ3) is 5.37. The third-order valence-electron chi connectivity index (χ3n) is 10.1. The topological polar surface area (TPSA) is 38.7 Å². The van der Waals surface area contributed by atoms with E-state index in [1.807, 2.05) is 0 Å². The maximum Gasteiger partial charge on any atom is 0.164 e. The molecular weight excluding hydrogens is 631 g/mol. The number of hydrogen-bond donors (Lipinski definition) is 0. The van der Waals surface area contributed by atoms with E-state index in [9.17, 15) is 0 Å². The highest BCUT2D eigenvalue weighted by Crippen LogP contribution is 2.34. The quantitative estimate of drug-likeness (QED) is 0.172. The highest BCUT2D eigenvalue weighted by Gasteiger charge is 2.16. The lowest BCUT2D eigenvalue weighted by atomic mass is 9.97. The first-order valence-corrected chi connectivity index (χ1v) is 17.6. The Bertz CT molecular complexity index is 2960. The average Bonchev–Trinajstić information content (AvgIpc) is 3.23. The van der Waals surface area contributed by atoms with E-state index in [1.165, 1.54) is 38.1 Å². The van der Waals surface area contributed by atoms with Gasteiger partial charge < -0.3 is 0 Å². The summed E-state index contributed by atoms with van der Waals surface area (Å²) < 4.78 is 0. The number of fused-ring (bicyclic) bond motifs is 5. The lowest BCUT2D eigenvalue weighted by Crippen LogP contribution is -2.00.